The van der Waals surface area contributed by atoms with Crippen LogP contribution in [-0.2, 0) is 10.3 Å². The molecule has 3 aromatic carbocycles. The number of hydrogen-bond donors (Lipinski definition) is 1. The highest BCUT2D eigenvalue weighted by molar-refractivity contribution is 5.74. The first kappa shape index (κ1) is 17.3. The number of hydrogen-bond acceptors (Lipinski definition) is 3. The third kappa shape index (κ3) is 2.78. The lowest BCUT2D eigenvalue weighted by Crippen LogP contribution is -2.53. The standard InChI is InChI=1S/C23H21NO3/c25-16-21-17-27-22(26)24(21)23(18-10-4-1-5-11-18,19-12-6-2-7-13-19)20-14-8-3-9-15-20/h1-15,21,25H,16-17H2/t21-/m1/s1. The minimum atomic E-state index is -0.898. The lowest BCUT2D eigenvalue weighted by molar-refractivity contribution is 0.111. The van der Waals surface area contributed by atoms with Gasteiger partial charge in [0.1, 0.15) is 12.1 Å². The Morgan fingerprint density at radius 1 is 0.815 bits per heavy atom. The summed E-state index contributed by atoms with van der Waals surface area (Å²) in [6.07, 6.45) is -0.425. The van der Waals surface area contributed by atoms with E-state index in [9.17, 15) is 9.90 Å². The second-order valence-corrected chi connectivity index (χ2v) is 6.59. The highest BCUT2D eigenvalue weighted by Gasteiger charge is 2.51. The van der Waals surface area contributed by atoms with Crippen molar-refractivity contribution in [1.82, 2.24) is 4.90 Å². The molecule has 1 amide bonds. The number of aliphatic hydroxyl groups excluding tert-OH is 1. The smallest absolute Gasteiger partial charge is 0.411 e. The number of carbonyl (C=O) groups is 1. The largest absolute Gasteiger partial charge is 0.447 e. The van der Waals surface area contributed by atoms with Crippen LogP contribution in [0, 0.1) is 0 Å². The zero-order chi connectivity index (χ0) is 18.7. The zero-order valence-corrected chi connectivity index (χ0v) is 14.9. The Kier molecular flexibility index (Phi) is 4.65. The summed E-state index contributed by atoms with van der Waals surface area (Å²) < 4.78 is 5.37. The summed E-state index contributed by atoms with van der Waals surface area (Å²) in [7, 11) is 0. The van der Waals surface area contributed by atoms with Gasteiger partial charge in [-0.2, -0.15) is 0 Å². The fourth-order valence-electron chi connectivity index (χ4n) is 3.96. The number of nitrogens with zero attached hydrogens (tertiary/aromatic N) is 1. The van der Waals surface area contributed by atoms with Crippen LogP contribution in [0.4, 0.5) is 4.79 Å². The topological polar surface area (TPSA) is 49.8 Å². The summed E-state index contributed by atoms with van der Waals surface area (Å²) >= 11 is 0. The number of amides is 1. The molecule has 0 saturated carbocycles. The maximum Gasteiger partial charge on any atom is 0.411 e. The van der Waals surface area contributed by atoms with Gasteiger partial charge in [-0.3, -0.25) is 4.90 Å². The maximum absolute atomic E-state index is 12.9. The average molecular weight is 359 g/mol. The van der Waals surface area contributed by atoms with Crippen LogP contribution in [0.2, 0.25) is 0 Å². The highest BCUT2D eigenvalue weighted by atomic mass is 16.6. The van der Waals surface area contributed by atoms with E-state index in [2.05, 4.69) is 0 Å². The quantitative estimate of drug-likeness (QED) is 0.705. The molecule has 27 heavy (non-hydrogen) atoms. The molecule has 1 saturated heterocycles. The van der Waals surface area contributed by atoms with E-state index in [4.69, 9.17) is 4.74 Å². The van der Waals surface area contributed by atoms with Crippen molar-refractivity contribution in [2.24, 2.45) is 0 Å². The molecule has 4 rings (SSSR count). The molecule has 0 bridgehead atoms. The number of benzene rings is 3. The van der Waals surface area contributed by atoms with E-state index in [1.54, 1.807) is 4.90 Å². The van der Waals surface area contributed by atoms with Gasteiger partial charge in [0, 0.05) is 0 Å². The molecule has 0 radical (unpaired) electrons. The summed E-state index contributed by atoms with van der Waals surface area (Å²) in [6, 6.07) is 29.3. The molecule has 0 aromatic heterocycles. The summed E-state index contributed by atoms with van der Waals surface area (Å²) in [5.41, 5.74) is 1.93. The van der Waals surface area contributed by atoms with E-state index in [0.29, 0.717) is 0 Å². The van der Waals surface area contributed by atoms with Crippen molar-refractivity contribution < 1.29 is 14.6 Å². The molecule has 1 aliphatic rings. The van der Waals surface area contributed by atoms with Crippen LogP contribution >= 0.6 is 0 Å². The molecule has 0 unspecified atom stereocenters. The predicted molar refractivity (Wildman–Crippen MR) is 103 cm³/mol. The third-order valence-corrected chi connectivity index (χ3v) is 5.11. The average Bonchev–Trinajstić information content (AvgIpc) is 3.12. The first-order valence-electron chi connectivity index (χ1n) is 9.02. The molecule has 4 nitrogen and oxygen atoms in total. The number of ether oxygens (including phenoxy) is 1. The van der Waals surface area contributed by atoms with E-state index in [1.807, 2.05) is 91.0 Å². The number of aliphatic hydroxyl groups is 1. The Bertz CT molecular complexity index is 800. The SMILES string of the molecule is O=C1OC[C@@H](CO)N1C(c1ccccc1)(c1ccccc1)c1ccccc1. The molecule has 3 aromatic rings. The summed E-state index contributed by atoms with van der Waals surface area (Å²) in [5.74, 6) is 0. The van der Waals surface area contributed by atoms with E-state index in [0.717, 1.165) is 16.7 Å². The monoisotopic (exact) mass is 359 g/mol. The van der Waals surface area contributed by atoms with Crippen LogP contribution in [0.25, 0.3) is 0 Å². The third-order valence-electron chi connectivity index (χ3n) is 5.11. The molecular weight excluding hydrogens is 338 g/mol. The molecule has 0 aliphatic carbocycles. The van der Waals surface area contributed by atoms with E-state index < -0.39 is 17.7 Å². The van der Waals surface area contributed by atoms with Crippen LogP contribution in [-0.4, -0.2) is 35.4 Å². The lowest BCUT2D eigenvalue weighted by atomic mass is 9.75. The van der Waals surface area contributed by atoms with Crippen molar-refractivity contribution in [3.63, 3.8) is 0 Å². The molecule has 1 heterocycles. The second-order valence-electron chi connectivity index (χ2n) is 6.59. The van der Waals surface area contributed by atoms with Crippen molar-refractivity contribution in [3.05, 3.63) is 108 Å². The van der Waals surface area contributed by atoms with Crippen LogP contribution in [0.15, 0.2) is 91.0 Å². The van der Waals surface area contributed by atoms with E-state index >= 15 is 0 Å². The lowest BCUT2D eigenvalue weighted by Gasteiger charge is -2.44. The van der Waals surface area contributed by atoms with Crippen LogP contribution in [0.1, 0.15) is 16.7 Å². The van der Waals surface area contributed by atoms with Crippen molar-refractivity contribution >= 4 is 6.09 Å². The van der Waals surface area contributed by atoms with Gasteiger partial charge >= 0.3 is 6.09 Å². The van der Waals surface area contributed by atoms with Crippen LogP contribution in [0.5, 0.6) is 0 Å². The van der Waals surface area contributed by atoms with Gasteiger partial charge in [0.05, 0.1) is 12.6 Å². The fraction of sp³-hybridized carbons (Fsp3) is 0.174. The summed E-state index contributed by atoms with van der Waals surface area (Å²) in [4.78, 5) is 14.6. The van der Waals surface area contributed by atoms with Crippen molar-refractivity contribution in [2.75, 3.05) is 13.2 Å². The predicted octanol–water partition coefficient (Wildman–Crippen LogP) is 3.79. The second kappa shape index (κ2) is 7.25. The van der Waals surface area contributed by atoms with Crippen molar-refractivity contribution in [2.45, 2.75) is 11.6 Å². The zero-order valence-electron chi connectivity index (χ0n) is 14.9. The molecule has 1 aliphatic heterocycles. The Morgan fingerprint density at radius 3 is 1.59 bits per heavy atom. The van der Waals surface area contributed by atoms with Crippen molar-refractivity contribution in [3.8, 4) is 0 Å². The number of rotatable bonds is 5. The number of carbonyl (C=O) groups excluding carboxylic acids is 1. The van der Waals surface area contributed by atoms with Gasteiger partial charge in [-0.15, -0.1) is 0 Å². The van der Waals surface area contributed by atoms with Gasteiger partial charge in [-0.05, 0) is 16.7 Å². The Hall–Kier alpha value is -3.11. The van der Waals surface area contributed by atoms with E-state index in [1.165, 1.54) is 0 Å². The molecule has 4 heteroatoms. The van der Waals surface area contributed by atoms with Gasteiger partial charge in [-0.1, -0.05) is 91.0 Å². The Morgan fingerprint density at radius 2 is 1.22 bits per heavy atom. The van der Waals surface area contributed by atoms with E-state index in [-0.39, 0.29) is 13.2 Å². The van der Waals surface area contributed by atoms with Crippen molar-refractivity contribution in [1.29, 1.82) is 0 Å². The molecule has 1 atom stereocenters. The first-order chi connectivity index (χ1) is 13.3. The minimum Gasteiger partial charge on any atom is -0.447 e. The summed E-state index contributed by atoms with van der Waals surface area (Å²) in [5, 5.41) is 9.98. The van der Waals surface area contributed by atoms with Gasteiger partial charge in [0.15, 0.2) is 0 Å². The van der Waals surface area contributed by atoms with Gasteiger partial charge in [-0.25, -0.2) is 4.79 Å². The van der Waals surface area contributed by atoms with Gasteiger partial charge in [0.25, 0.3) is 0 Å². The molecule has 136 valence electrons. The molecule has 0 spiro atoms. The maximum atomic E-state index is 12.9. The van der Waals surface area contributed by atoms with Gasteiger partial charge < -0.3 is 9.84 Å². The fourth-order valence-corrected chi connectivity index (χ4v) is 3.96. The first-order valence-corrected chi connectivity index (χ1v) is 9.02. The van der Waals surface area contributed by atoms with Gasteiger partial charge in [0.2, 0.25) is 0 Å². The molecule has 1 fully saturated rings. The highest BCUT2D eigenvalue weighted by Crippen LogP contribution is 2.45. The Balaban J connectivity index is 2.08. The van der Waals surface area contributed by atoms with Crippen LogP contribution < -0.4 is 0 Å². The molecule has 1 N–H and O–H groups in total. The normalized spacial score (nSPS) is 17.0. The Labute approximate surface area is 158 Å². The number of cyclic esters (lactones) is 1. The molecular formula is C23H21NO3. The van der Waals surface area contributed by atoms with Crippen LogP contribution in [0.3, 0.4) is 0 Å². The minimum absolute atomic E-state index is 0.167. The summed E-state index contributed by atoms with van der Waals surface area (Å²) in [6.45, 7) is 0.00355.